The maximum absolute atomic E-state index is 11.8. The quantitative estimate of drug-likeness (QED) is 0.269. The van der Waals surface area contributed by atoms with Crippen LogP contribution >= 0.6 is 0 Å². The first-order valence-electron chi connectivity index (χ1n) is 8.64. The fraction of sp³-hybridized carbons (Fsp3) is 0.238. The smallest absolute Gasteiger partial charge is 0.379 e. The summed E-state index contributed by atoms with van der Waals surface area (Å²) >= 11 is 0. The van der Waals surface area contributed by atoms with Crippen LogP contribution in [0.25, 0.3) is 0 Å². The Labute approximate surface area is 162 Å². The van der Waals surface area contributed by atoms with Crippen LogP contribution in [-0.4, -0.2) is 43.1 Å². The highest BCUT2D eigenvalue weighted by molar-refractivity contribution is 6.42. The zero-order chi connectivity index (χ0) is 20.5. The third kappa shape index (κ3) is 5.77. The van der Waals surface area contributed by atoms with Gasteiger partial charge in [0.05, 0.1) is 6.61 Å². The van der Waals surface area contributed by atoms with Gasteiger partial charge in [0.1, 0.15) is 24.7 Å². The van der Waals surface area contributed by atoms with Crippen LogP contribution < -0.4 is 9.47 Å². The van der Waals surface area contributed by atoms with Gasteiger partial charge in [0, 0.05) is 18.1 Å². The molecule has 2 aromatic rings. The van der Waals surface area contributed by atoms with Gasteiger partial charge in [0.2, 0.25) is 5.78 Å². The number of ketones is 3. The first-order chi connectivity index (χ1) is 13.4. The first-order valence-corrected chi connectivity index (χ1v) is 8.64. The van der Waals surface area contributed by atoms with E-state index in [1.54, 1.807) is 31.2 Å². The molecule has 7 nitrogen and oxygen atoms in total. The molecule has 0 aromatic heterocycles. The lowest BCUT2D eigenvalue weighted by molar-refractivity contribution is -0.137. The van der Waals surface area contributed by atoms with Gasteiger partial charge in [-0.25, -0.2) is 4.79 Å². The monoisotopic (exact) mass is 384 g/mol. The normalized spacial score (nSPS) is 10.1. The summed E-state index contributed by atoms with van der Waals surface area (Å²) < 4.78 is 15.7. The third-order valence-electron chi connectivity index (χ3n) is 3.63. The van der Waals surface area contributed by atoms with Crippen LogP contribution in [0.15, 0.2) is 48.5 Å². The van der Waals surface area contributed by atoms with Crippen LogP contribution in [-0.2, 0) is 14.3 Å². The summed E-state index contributed by atoms with van der Waals surface area (Å²) in [5, 5.41) is 0. The summed E-state index contributed by atoms with van der Waals surface area (Å²) in [6.07, 6.45) is 0. The van der Waals surface area contributed by atoms with Gasteiger partial charge < -0.3 is 14.2 Å². The average molecular weight is 384 g/mol. The van der Waals surface area contributed by atoms with Gasteiger partial charge in [-0.05, 0) is 55.5 Å². The molecule has 0 radical (unpaired) electrons. The summed E-state index contributed by atoms with van der Waals surface area (Å²) in [4.78, 5) is 45.8. The van der Waals surface area contributed by atoms with E-state index in [4.69, 9.17) is 9.47 Å². The van der Waals surface area contributed by atoms with Crippen LogP contribution in [0.3, 0.4) is 0 Å². The van der Waals surface area contributed by atoms with Crippen molar-refractivity contribution in [1.82, 2.24) is 0 Å². The third-order valence-corrected chi connectivity index (χ3v) is 3.63. The standard InChI is InChI=1S/C21H20O7/c1-3-26-21(25)20(24)16-6-10-18(11-7-16)28-13-12-27-17-8-4-15(5-9-17)19(23)14(2)22/h4-11H,3,12-13H2,1-2H3. The van der Waals surface area contributed by atoms with Gasteiger partial charge in [0.15, 0.2) is 5.78 Å². The molecule has 0 unspecified atom stereocenters. The molecule has 2 aromatic carbocycles. The van der Waals surface area contributed by atoms with Crippen molar-refractivity contribution in [2.45, 2.75) is 13.8 Å². The van der Waals surface area contributed by atoms with Gasteiger partial charge in [-0.15, -0.1) is 0 Å². The van der Waals surface area contributed by atoms with E-state index >= 15 is 0 Å². The van der Waals surface area contributed by atoms with E-state index in [0.717, 1.165) is 0 Å². The van der Waals surface area contributed by atoms with Gasteiger partial charge in [0.25, 0.3) is 5.78 Å². The zero-order valence-corrected chi connectivity index (χ0v) is 15.6. The molecule has 0 N–H and O–H groups in total. The number of carbonyl (C=O) groups is 4. The van der Waals surface area contributed by atoms with Crippen molar-refractivity contribution >= 4 is 23.3 Å². The van der Waals surface area contributed by atoms with Crippen LogP contribution in [0.4, 0.5) is 0 Å². The minimum Gasteiger partial charge on any atom is -0.490 e. The average Bonchev–Trinajstić information content (AvgIpc) is 2.71. The summed E-state index contributed by atoms with van der Waals surface area (Å²) in [5.41, 5.74) is 0.538. The number of hydrogen-bond acceptors (Lipinski definition) is 7. The van der Waals surface area contributed by atoms with E-state index in [2.05, 4.69) is 4.74 Å². The van der Waals surface area contributed by atoms with Crippen molar-refractivity contribution in [3.8, 4) is 11.5 Å². The van der Waals surface area contributed by atoms with Crippen LogP contribution in [0.1, 0.15) is 34.6 Å². The van der Waals surface area contributed by atoms with Crippen LogP contribution in [0.2, 0.25) is 0 Å². The second-order valence-corrected chi connectivity index (χ2v) is 5.68. The Hall–Kier alpha value is -3.48. The molecule has 7 heteroatoms. The van der Waals surface area contributed by atoms with Crippen molar-refractivity contribution in [1.29, 1.82) is 0 Å². The van der Waals surface area contributed by atoms with E-state index < -0.39 is 23.3 Å². The molecule has 0 aliphatic heterocycles. The van der Waals surface area contributed by atoms with Gasteiger partial charge >= 0.3 is 5.97 Å². The summed E-state index contributed by atoms with van der Waals surface area (Å²) in [5.74, 6) is -1.59. The zero-order valence-electron chi connectivity index (χ0n) is 15.6. The maximum atomic E-state index is 11.8. The molecule has 146 valence electrons. The SMILES string of the molecule is CCOC(=O)C(=O)c1ccc(OCCOc2ccc(C(=O)C(C)=O)cc2)cc1. The highest BCUT2D eigenvalue weighted by Gasteiger charge is 2.17. The molecule has 0 atom stereocenters. The Morgan fingerprint density at radius 3 is 1.54 bits per heavy atom. The van der Waals surface area contributed by atoms with Crippen LogP contribution in [0.5, 0.6) is 11.5 Å². The Morgan fingerprint density at radius 1 is 0.714 bits per heavy atom. The molecule has 0 heterocycles. The number of benzene rings is 2. The van der Waals surface area contributed by atoms with E-state index in [-0.39, 0.29) is 25.4 Å². The lowest BCUT2D eigenvalue weighted by Crippen LogP contribution is -2.17. The molecule has 0 saturated heterocycles. The van der Waals surface area contributed by atoms with Crippen molar-refractivity contribution in [3.63, 3.8) is 0 Å². The highest BCUT2D eigenvalue weighted by Crippen LogP contribution is 2.15. The molecule has 0 saturated carbocycles. The molecule has 28 heavy (non-hydrogen) atoms. The number of Topliss-reactive ketones (excluding diaryl/α,β-unsaturated/α-hetero) is 3. The van der Waals surface area contributed by atoms with Gasteiger partial charge in [-0.2, -0.15) is 0 Å². The molecule has 2 rings (SSSR count). The fourth-order valence-corrected chi connectivity index (χ4v) is 2.24. The lowest BCUT2D eigenvalue weighted by atomic mass is 10.1. The molecule has 0 fully saturated rings. The molecule has 0 bridgehead atoms. The number of esters is 1. The van der Waals surface area contributed by atoms with Crippen molar-refractivity contribution in [2.75, 3.05) is 19.8 Å². The molecular weight excluding hydrogens is 364 g/mol. The van der Waals surface area contributed by atoms with Crippen molar-refractivity contribution < 1.29 is 33.4 Å². The fourth-order valence-electron chi connectivity index (χ4n) is 2.24. The van der Waals surface area contributed by atoms with E-state index in [1.165, 1.54) is 31.2 Å². The predicted octanol–water partition coefficient (Wildman–Crippen LogP) is 2.66. The molecule has 0 aliphatic rings. The second-order valence-electron chi connectivity index (χ2n) is 5.68. The van der Waals surface area contributed by atoms with E-state index in [9.17, 15) is 19.2 Å². The van der Waals surface area contributed by atoms with E-state index in [1.807, 2.05) is 0 Å². The molecule has 0 spiro atoms. The van der Waals surface area contributed by atoms with Gasteiger partial charge in [-0.3, -0.25) is 14.4 Å². The molecule has 0 amide bonds. The van der Waals surface area contributed by atoms with Gasteiger partial charge in [-0.1, -0.05) is 0 Å². The molecular formula is C21H20O7. The topological polar surface area (TPSA) is 96.0 Å². The number of rotatable bonds is 10. The highest BCUT2D eigenvalue weighted by atomic mass is 16.5. The molecule has 0 aliphatic carbocycles. The number of hydrogen-bond donors (Lipinski definition) is 0. The Kier molecular flexibility index (Phi) is 7.45. The summed E-state index contributed by atoms with van der Waals surface area (Å²) in [6, 6.07) is 12.4. The van der Waals surface area contributed by atoms with Crippen molar-refractivity contribution in [3.05, 3.63) is 59.7 Å². The number of carbonyl (C=O) groups excluding carboxylic acids is 4. The minimum atomic E-state index is -0.888. The second kappa shape index (κ2) is 10.0. The number of ether oxygens (including phenoxy) is 3. The Balaban J connectivity index is 1.79. The Morgan fingerprint density at radius 2 is 1.14 bits per heavy atom. The first kappa shape index (κ1) is 20.8. The predicted molar refractivity (Wildman–Crippen MR) is 99.8 cm³/mol. The Bertz CT molecular complexity index is 851. The lowest BCUT2D eigenvalue weighted by Gasteiger charge is -2.09. The summed E-state index contributed by atoms with van der Waals surface area (Å²) in [7, 11) is 0. The summed E-state index contributed by atoms with van der Waals surface area (Å²) in [6.45, 7) is 3.50. The van der Waals surface area contributed by atoms with Crippen LogP contribution in [0, 0.1) is 0 Å². The maximum Gasteiger partial charge on any atom is 0.379 e. The minimum absolute atomic E-state index is 0.140. The largest absolute Gasteiger partial charge is 0.490 e. The van der Waals surface area contributed by atoms with Crippen molar-refractivity contribution in [2.24, 2.45) is 0 Å². The van der Waals surface area contributed by atoms with E-state index in [0.29, 0.717) is 17.1 Å².